The lowest BCUT2D eigenvalue weighted by atomic mass is 9.97. The van der Waals surface area contributed by atoms with E-state index in [1.54, 1.807) is 7.11 Å². The summed E-state index contributed by atoms with van der Waals surface area (Å²) in [6.45, 7) is 5.56. The molecule has 1 rings (SSSR count). The maximum Gasteiger partial charge on any atom is 0.122 e. The van der Waals surface area contributed by atoms with Gasteiger partial charge < -0.3 is 10.1 Å². The molecule has 0 bridgehead atoms. The number of allylic oxidation sites excluding steroid dienone is 1. The van der Waals surface area contributed by atoms with Gasteiger partial charge in [0.05, 0.1) is 13.2 Å². The first-order valence-electron chi connectivity index (χ1n) is 5.58. The first-order valence-corrected chi connectivity index (χ1v) is 5.58. The Morgan fingerprint density at radius 3 is 2.59 bits per heavy atom. The maximum absolute atomic E-state index is 9.20. The van der Waals surface area contributed by atoms with Crippen molar-refractivity contribution >= 4 is 5.69 Å². The average molecular weight is 230 g/mol. The lowest BCUT2D eigenvalue weighted by Crippen LogP contribution is -2.32. The van der Waals surface area contributed by atoms with Crippen molar-refractivity contribution in [1.82, 2.24) is 0 Å². The minimum absolute atomic E-state index is 0.567. The van der Waals surface area contributed by atoms with Gasteiger partial charge in [-0.15, -0.1) is 6.58 Å². The van der Waals surface area contributed by atoms with Crippen LogP contribution in [0.25, 0.3) is 0 Å². The number of rotatable bonds is 6. The smallest absolute Gasteiger partial charge is 0.122 e. The number of nitrogens with zero attached hydrogens (tertiary/aromatic N) is 1. The molecule has 1 atom stereocenters. The van der Waals surface area contributed by atoms with Gasteiger partial charge in [-0.25, -0.2) is 0 Å². The number of hydrogen-bond donors (Lipinski definition) is 1. The highest BCUT2D eigenvalue weighted by atomic mass is 16.5. The van der Waals surface area contributed by atoms with Crippen LogP contribution < -0.4 is 10.1 Å². The molecule has 1 aromatic rings. The van der Waals surface area contributed by atoms with E-state index in [1.807, 2.05) is 37.3 Å². The Bertz CT molecular complexity index is 405. The van der Waals surface area contributed by atoms with Gasteiger partial charge in [0.25, 0.3) is 0 Å². The minimum atomic E-state index is -0.567. The van der Waals surface area contributed by atoms with Crippen molar-refractivity contribution < 1.29 is 4.74 Å². The molecule has 0 saturated carbocycles. The first kappa shape index (κ1) is 13.1. The SMILES string of the molecule is C=CCCC(C)(C#N)Nc1ccc(OC)cc1. The van der Waals surface area contributed by atoms with Crippen molar-refractivity contribution in [3.8, 4) is 11.8 Å². The normalized spacial score (nSPS) is 13.2. The van der Waals surface area contributed by atoms with Gasteiger partial charge in [-0.05, 0) is 44.0 Å². The quantitative estimate of drug-likeness (QED) is 0.762. The number of benzene rings is 1. The molecule has 0 saturated heterocycles. The van der Waals surface area contributed by atoms with E-state index in [4.69, 9.17) is 4.74 Å². The Balaban J connectivity index is 2.73. The summed E-state index contributed by atoms with van der Waals surface area (Å²) < 4.78 is 5.08. The van der Waals surface area contributed by atoms with E-state index < -0.39 is 5.54 Å². The van der Waals surface area contributed by atoms with E-state index in [-0.39, 0.29) is 0 Å². The van der Waals surface area contributed by atoms with Crippen LogP contribution in [0.4, 0.5) is 5.69 Å². The Morgan fingerprint density at radius 2 is 2.12 bits per heavy atom. The Morgan fingerprint density at radius 1 is 1.47 bits per heavy atom. The first-order chi connectivity index (χ1) is 8.13. The summed E-state index contributed by atoms with van der Waals surface area (Å²) >= 11 is 0. The van der Waals surface area contributed by atoms with Gasteiger partial charge in [0.2, 0.25) is 0 Å². The molecule has 0 aliphatic carbocycles. The van der Waals surface area contributed by atoms with Gasteiger partial charge >= 0.3 is 0 Å². The van der Waals surface area contributed by atoms with E-state index in [9.17, 15) is 5.26 Å². The lowest BCUT2D eigenvalue weighted by molar-refractivity contribution is 0.415. The Kier molecular flexibility index (Phi) is 4.59. The van der Waals surface area contributed by atoms with Gasteiger partial charge in [0.15, 0.2) is 0 Å². The van der Waals surface area contributed by atoms with Crippen LogP contribution in [0, 0.1) is 11.3 Å². The van der Waals surface area contributed by atoms with Crippen LogP contribution in [0.2, 0.25) is 0 Å². The number of nitriles is 1. The number of hydrogen-bond acceptors (Lipinski definition) is 3. The molecule has 0 aliphatic heterocycles. The number of methoxy groups -OCH3 is 1. The fourth-order valence-electron chi connectivity index (χ4n) is 1.53. The van der Waals surface area contributed by atoms with E-state index in [1.165, 1.54) is 0 Å². The molecule has 17 heavy (non-hydrogen) atoms. The van der Waals surface area contributed by atoms with Gasteiger partial charge in [-0.2, -0.15) is 5.26 Å². The van der Waals surface area contributed by atoms with E-state index >= 15 is 0 Å². The maximum atomic E-state index is 9.20. The summed E-state index contributed by atoms with van der Waals surface area (Å²) in [6.07, 6.45) is 3.37. The van der Waals surface area contributed by atoms with Crippen LogP contribution in [0.5, 0.6) is 5.75 Å². The van der Waals surface area contributed by atoms with E-state index in [0.717, 1.165) is 24.3 Å². The van der Waals surface area contributed by atoms with Crippen molar-refractivity contribution in [3.63, 3.8) is 0 Å². The van der Waals surface area contributed by atoms with Crippen molar-refractivity contribution in [3.05, 3.63) is 36.9 Å². The Hall–Kier alpha value is -1.95. The van der Waals surface area contributed by atoms with Crippen LogP contribution in [0.3, 0.4) is 0 Å². The molecule has 3 heteroatoms. The van der Waals surface area contributed by atoms with Crippen molar-refractivity contribution in [2.24, 2.45) is 0 Å². The molecule has 0 radical (unpaired) electrons. The van der Waals surface area contributed by atoms with Crippen LogP contribution in [-0.2, 0) is 0 Å². The van der Waals surface area contributed by atoms with Gasteiger partial charge in [0, 0.05) is 5.69 Å². The third kappa shape index (κ3) is 3.84. The molecule has 0 fully saturated rings. The second kappa shape index (κ2) is 5.95. The topological polar surface area (TPSA) is 45.0 Å². The third-order valence-electron chi connectivity index (χ3n) is 2.61. The monoisotopic (exact) mass is 230 g/mol. The molecule has 90 valence electrons. The molecule has 0 heterocycles. The number of nitrogens with one attached hydrogen (secondary N) is 1. The second-order valence-corrected chi connectivity index (χ2v) is 4.12. The van der Waals surface area contributed by atoms with Gasteiger partial charge in [0.1, 0.15) is 11.3 Å². The summed E-state index contributed by atoms with van der Waals surface area (Å²) in [5.41, 5.74) is 0.349. The average Bonchev–Trinajstić information content (AvgIpc) is 2.37. The predicted molar refractivity (Wildman–Crippen MR) is 70.1 cm³/mol. The van der Waals surface area contributed by atoms with Crippen LogP contribution in [-0.4, -0.2) is 12.6 Å². The summed E-state index contributed by atoms with van der Waals surface area (Å²) in [6, 6.07) is 9.85. The second-order valence-electron chi connectivity index (χ2n) is 4.12. The molecule has 0 spiro atoms. The zero-order valence-electron chi connectivity index (χ0n) is 10.4. The van der Waals surface area contributed by atoms with Crippen molar-refractivity contribution in [2.75, 3.05) is 12.4 Å². The van der Waals surface area contributed by atoms with Crippen LogP contribution in [0.15, 0.2) is 36.9 Å². The molecule has 0 aromatic heterocycles. The fourth-order valence-corrected chi connectivity index (χ4v) is 1.53. The largest absolute Gasteiger partial charge is 0.497 e. The standard InChI is InChI=1S/C14H18N2O/c1-4-5-10-14(2,11-15)16-12-6-8-13(17-3)9-7-12/h4,6-9,16H,1,5,10H2,2-3H3. The van der Waals surface area contributed by atoms with Gasteiger partial charge in [-0.3, -0.25) is 0 Å². The zero-order valence-corrected chi connectivity index (χ0v) is 10.4. The molecule has 1 N–H and O–H groups in total. The summed E-state index contributed by atoms with van der Waals surface area (Å²) in [7, 11) is 1.63. The highest BCUT2D eigenvalue weighted by molar-refractivity contribution is 5.49. The Labute approximate surface area is 103 Å². The number of anilines is 1. The van der Waals surface area contributed by atoms with Crippen molar-refractivity contribution in [1.29, 1.82) is 5.26 Å². The molecule has 0 aliphatic rings. The van der Waals surface area contributed by atoms with Gasteiger partial charge in [-0.1, -0.05) is 6.08 Å². The van der Waals surface area contributed by atoms with Crippen LogP contribution in [0.1, 0.15) is 19.8 Å². The third-order valence-corrected chi connectivity index (χ3v) is 2.61. The number of ether oxygens (including phenoxy) is 1. The minimum Gasteiger partial charge on any atom is -0.497 e. The molecule has 0 amide bonds. The summed E-state index contributed by atoms with van der Waals surface area (Å²) in [4.78, 5) is 0. The summed E-state index contributed by atoms with van der Waals surface area (Å²) in [5.74, 6) is 0.806. The summed E-state index contributed by atoms with van der Waals surface area (Å²) in [5, 5.41) is 12.4. The molecule has 1 unspecified atom stereocenters. The molecule has 1 aromatic carbocycles. The molecular weight excluding hydrogens is 212 g/mol. The fraction of sp³-hybridized carbons (Fsp3) is 0.357. The zero-order chi connectivity index (χ0) is 12.7. The molecule has 3 nitrogen and oxygen atoms in total. The van der Waals surface area contributed by atoms with Crippen LogP contribution >= 0.6 is 0 Å². The van der Waals surface area contributed by atoms with E-state index in [2.05, 4.69) is 18.0 Å². The van der Waals surface area contributed by atoms with E-state index in [0.29, 0.717) is 0 Å². The lowest BCUT2D eigenvalue weighted by Gasteiger charge is -2.24. The highest BCUT2D eigenvalue weighted by Crippen LogP contribution is 2.22. The predicted octanol–water partition coefficient (Wildman–Crippen LogP) is 3.36. The van der Waals surface area contributed by atoms with Crippen molar-refractivity contribution in [2.45, 2.75) is 25.3 Å². The molecular formula is C14H18N2O. The highest BCUT2D eigenvalue weighted by Gasteiger charge is 2.22.